The van der Waals surface area contributed by atoms with Gasteiger partial charge in [0.2, 0.25) is 5.95 Å². The average Bonchev–Trinajstić information content (AvgIpc) is 2.83. The summed E-state index contributed by atoms with van der Waals surface area (Å²) in [5, 5.41) is 18.4. The first kappa shape index (κ1) is 17.8. The summed E-state index contributed by atoms with van der Waals surface area (Å²) in [6.07, 6.45) is 4.11. The molecule has 7 nitrogen and oxygen atoms in total. The molecule has 0 unspecified atom stereocenters. The minimum Gasteiger partial charge on any atom is -0.390 e. The Bertz CT molecular complexity index is 733. The first-order chi connectivity index (χ1) is 11.9. The molecule has 7 heteroatoms. The van der Waals surface area contributed by atoms with Gasteiger partial charge in [-0.2, -0.15) is 5.10 Å². The Kier molecular flexibility index (Phi) is 5.06. The van der Waals surface area contributed by atoms with Gasteiger partial charge in [-0.3, -0.25) is 4.68 Å². The van der Waals surface area contributed by atoms with Crippen molar-refractivity contribution in [3.8, 4) is 11.3 Å². The van der Waals surface area contributed by atoms with Crippen LogP contribution in [0.4, 0.5) is 5.95 Å². The Morgan fingerprint density at radius 3 is 2.60 bits per heavy atom. The predicted octanol–water partition coefficient (Wildman–Crippen LogP) is 1.75. The molecule has 0 bridgehead atoms. The molecule has 136 valence electrons. The van der Waals surface area contributed by atoms with Crippen LogP contribution in [-0.4, -0.2) is 62.0 Å². The molecule has 0 radical (unpaired) electrons. The van der Waals surface area contributed by atoms with E-state index in [9.17, 15) is 5.11 Å². The van der Waals surface area contributed by atoms with E-state index >= 15 is 0 Å². The van der Waals surface area contributed by atoms with E-state index < -0.39 is 5.60 Å². The van der Waals surface area contributed by atoms with Crippen LogP contribution in [-0.2, 0) is 7.05 Å². The van der Waals surface area contributed by atoms with Gasteiger partial charge in [-0.1, -0.05) is 0 Å². The molecule has 3 heterocycles. The summed E-state index contributed by atoms with van der Waals surface area (Å²) in [7, 11) is 4.04. The van der Waals surface area contributed by atoms with Gasteiger partial charge in [-0.25, -0.2) is 9.97 Å². The molecule has 0 aromatic carbocycles. The number of aromatic nitrogens is 4. The molecular formula is C18H28N6O. The maximum absolute atomic E-state index is 10.7. The van der Waals surface area contributed by atoms with Crippen LogP contribution in [0.3, 0.4) is 0 Å². The molecule has 0 saturated carbocycles. The SMILES string of the molecule is Cc1nn(C)c(C)c1-c1ccnc(NCCC2(O)CCN(C)CC2)n1. The quantitative estimate of drug-likeness (QED) is 0.860. The van der Waals surface area contributed by atoms with Gasteiger partial charge >= 0.3 is 0 Å². The first-order valence-corrected chi connectivity index (χ1v) is 8.86. The normalized spacial score (nSPS) is 17.6. The number of hydrogen-bond donors (Lipinski definition) is 2. The van der Waals surface area contributed by atoms with E-state index in [2.05, 4.69) is 32.3 Å². The molecule has 25 heavy (non-hydrogen) atoms. The van der Waals surface area contributed by atoms with E-state index in [1.54, 1.807) is 6.20 Å². The summed E-state index contributed by atoms with van der Waals surface area (Å²) in [4.78, 5) is 11.2. The molecule has 0 spiro atoms. The van der Waals surface area contributed by atoms with Gasteiger partial charge in [0.15, 0.2) is 0 Å². The third-order valence-corrected chi connectivity index (χ3v) is 5.21. The molecule has 1 aliphatic heterocycles. The minimum atomic E-state index is -0.576. The summed E-state index contributed by atoms with van der Waals surface area (Å²) in [5.74, 6) is 0.594. The number of nitrogens with one attached hydrogen (secondary N) is 1. The summed E-state index contributed by atoms with van der Waals surface area (Å²) < 4.78 is 1.87. The number of anilines is 1. The largest absolute Gasteiger partial charge is 0.390 e. The molecule has 0 aliphatic carbocycles. The van der Waals surface area contributed by atoms with E-state index in [-0.39, 0.29) is 0 Å². The third-order valence-electron chi connectivity index (χ3n) is 5.21. The molecular weight excluding hydrogens is 316 g/mol. The van der Waals surface area contributed by atoms with Gasteiger partial charge in [0.25, 0.3) is 0 Å². The highest BCUT2D eigenvalue weighted by Crippen LogP contribution is 2.26. The summed E-state index contributed by atoms with van der Waals surface area (Å²) in [6.45, 7) is 6.59. The van der Waals surface area contributed by atoms with Crippen molar-refractivity contribution < 1.29 is 5.11 Å². The fraction of sp³-hybridized carbons (Fsp3) is 0.611. The maximum atomic E-state index is 10.7. The predicted molar refractivity (Wildman–Crippen MR) is 98.5 cm³/mol. The van der Waals surface area contributed by atoms with Crippen molar-refractivity contribution in [3.63, 3.8) is 0 Å². The summed E-state index contributed by atoms with van der Waals surface area (Å²) in [6, 6.07) is 1.91. The Morgan fingerprint density at radius 1 is 1.24 bits per heavy atom. The number of piperidine rings is 1. The van der Waals surface area contributed by atoms with Gasteiger partial charge in [0, 0.05) is 44.1 Å². The van der Waals surface area contributed by atoms with Crippen molar-refractivity contribution >= 4 is 5.95 Å². The lowest BCUT2D eigenvalue weighted by Gasteiger charge is -2.36. The highest BCUT2D eigenvalue weighted by atomic mass is 16.3. The Morgan fingerprint density at radius 2 is 1.96 bits per heavy atom. The number of nitrogens with zero attached hydrogens (tertiary/aromatic N) is 5. The van der Waals surface area contributed by atoms with Gasteiger partial charge in [0.1, 0.15) is 0 Å². The lowest BCUT2D eigenvalue weighted by molar-refractivity contribution is -0.0194. The fourth-order valence-electron chi connectivity index (χ4n) is 3.42. The fourth-order valence-corrected chi connectivity index (χ4v) is 3.42. The molecule has 1 aliphatic rings. The van der Waals surface area contributed by atoms with Crippen molar-refractivity contribution in [2.45, 2.75) is 38.7 Å². The summed E-state index contributed by atoms with van der Waals surface area (Å²) in [5.41, 5.74) is 3.40. The zero-order chi connectivity index (χ0) is 18.0. The maximum Gasteiger partial charge on any atom is 0.223 e. The molecule has 3 rings (SSSR count). The number of rotatable bonds is 5. The van der Waals surface area contributed by atoms with E-state index in [0.717, 1.165) is 48.6 Å². The van der Waals surface area contributed by atoms with Gasteiger partial charge in [-0.05, 0) is 46.2 Å². The Balaban J connectivity index is 1.64. The second-order valence-electron chi connectivity index (χ2n) is 7.14. The van der Waals surface area contributed by atoms with Crippen molar-refractivity contribution in [2.24, 2.45) is 7.05 Å². The lowest BCUT2D eigenvalue weighted by Crippen LogP contribution is -2.43. The Labute approximate surface area is 149 Å². The average molecular weight is 344 g/mol. The number of aliphatic hydroxyl groups is 1. The van der Waals surface area contributed by atoms with Crippen molar-refractivity contribution in [3.05, 3.63) is 23.7 Å². The lowest BCUT2D eigenvalue weighted by atomic mass is 9.88. The molecule has 2 aromatic heterocycles. The zero-order valence-corrected chi connectivity index (χ0v) is 15.6. The molecule has 2 aromatic rings. The van der Waals surface area contributed by atoms with Crippen molar-refractivity contribution in [2.75, 3.05) is 32.0 Å². The van der Waals surface area contributed by atoms with E-state index in [1.807, 2.05) is 31.6 Å². The molecule has 2 N–H and O–H groups in total. The standard InChI is InChI=1S/C18H28N6O/c1-13-16(14(2)24(4)22-13)15-5-9-19-17(21-15)20-10-6-18(25)7-11-23(3)12-8-18/h5,9,25H,6-8,10-12H2,1-4H3,(H,19,20,21). The number of hydrogen-bond acceptors (Lipinski definition) is 6. The van der Waals surface area contributed by atoms with Crippen LogP contribution in [0.2, 0.25) is 0 Å². The topological polar surface area (TPSA) is 79.1 Å². The van der Waals surface area contributed by atoms with Gasteiger partial charge < -0.3 is 15.3 Å². The van der Waals surface area contributed by atoms with Crippen LogP contribution >= 0.6 is 0 Å². The molecule has 0 atom stereocenters. The highest BCUT2D eigenvalue weighted by molar-refractivity contribution is 5.65. The second kappa shape index (κ2) is 7.09. The molecule has 1 saturated heterocycles. The monoisotopic (exact) mass is 344 g/mol. The number of likely N-dealkylation sites (tertiary alicyclic amines) is 1. The van der Waals surface area contributed by atoms with E-state index in [0.29, 0.717) is 18.9 Å². The second-order valence-corrected chi connectivity index (χ2v) is 7.14. The zero-order valence-electron chi connectivity index (χ0n) is 15.6. The number of aryl methyl sites for hydroxylation is 2. The highest BCUT2D eigenvalue weighted by Gasteiger charge is 2.30. The molecule has 1 fully saturated rings. The first-order valence-electron chi connectivity index (χ1n) is 8.86. The van der Waals surface area contributed by atoms with Gasteiger partial charge in [0.05, 0.1) is 17.0 Å². The van der Waals surface area contributed by atoms with Crippen LogP contribution in [0.15, 0.2) is 12.3 Å². The van der Waals surface area contributed by atoms with Gasteiger partial charge in [-0.15, -0.1) is 0 Å². The van der Waals surface area contributed by atoms with Crippen LogP contribution in [0.25, 0.3) is 11.3 Å². The third kappa shape index (κ3) is 3.99. The summed E-state index contributed by atoms with van der Waals surface area (Å²) >= 11 is 0. The van der Waals surface area contributed by atoms with Crippen LogP contribution in [0, 0.1) is 13.8 Å². The smallest absolute Gasteiger partial charge is 0.223 e. The van der Waals surface area contributed by atoms with E-state index in [4.69, 9.17) is 0 Å². The Hall–Kier alpha value is -1.99. The van der Waals surface area contributed by atoms with Crippen LogP contribution < -0.4 is 5.32 Å². The van der Waals surface area contributed by atoms with Crippen molar-refractivity contribution in [1.82, 2.24) is 24.6 Å². The van der Waals surface area contributed by atoms with Crippen LogP contribution in [0.1, 0.15) is 30.7 Å². The van der Waals surface area contributed by atoms with Crippen molar-refractivity contribution in [1.29, 1.82) is 0 Å². The minimum absolute atomic E-state index is 0.576. The van der Waals surface area contributed by atoms with E-state index in [1.165, 1.54) is 0 Å². The van der Waals surface area contributed by atoms with Crippen LogP contribution in [0.5, 0.6) is 0 Å². The molecule has 0 amide bonds.